The number of hydrogen-bond donors (Lipinski definition) is 2. The molecule has 2 N–H and O–H groups in total. The fourth-order valence-electron chi connectivity index (χ4n) is 1.81. The van der Waals surface area contributed by atoms with E-state index >= 15 is 0 Å². The van der Waals surface area contributed by atoms with Gasteiger partial charge in [-0.1, -0.05) is 18.2 Å². The summed E-state index contributed by atoms with van der Waals surface area (Å²) in [6.45, 7) is 9.30. The molecule has 1 aromatic carbocycles. The highest BCUT2D eigenvalue weighted by molar-refractivity contribution is 7.98. The molecule has 0 unspecified atom stereocenters. The Morgan fingerprint density at radius 1 is 1.26 bits per heavy atom. The minimum Gasteiger partial charge on any atom is -0.480 e. The largest absolute Gasteiger partial charge is 0.480 e. The SMILES string of the molecule is Cc1ccc(CSC[C@@H](NC(=O)OC(C)(C)C)C(=O)O)cc1C. The first-order valence-corrected chi connectivity index (χ1v) is 8.60. The third-order valence-electron chi connectivity index (χ3n) is 3.11. The minimum atomic E-state index is -1.07. The highest BCUT2D eigenvalue weighted by Gasteiger charge is 2.23. The molecule has 1 rings (SSSR count). The van der Waals surface area contributed by atoms with Crippen molar-refractivity contribution in [3.05, 3.63) is 34.9 Å². The number of carboxylic acids is 1. The van der Waals surface area contributed by atoms with Crippen molar-refractivity contribution in [2.45, 2.75) is 52.0 Å². The average molecular weight is 339 g/mol. The topological polar surface area (TPSA) is 75.6 Å². The molecule has 0 heterocycles. The van der Waals surface area contributed by atoms with Gasteiger partial charge in [0.05, 0.1) is 0 Å². The van der Waals surface area contributed by atoms with E-state index in [1.54, 1.807) is 20.8 Å². The Labute approximate surface area is 141 Å². The molecule has 0 fully saturated rings. The number of carbonyl (C=O) groups is 2. The van der Waals surface area contributed by atoms with Crippen LogP contribution in [0.3, 0.4) is 0 Å². The number of alkyl carbamates (subject to hydrolysis) is 1. The molecule has 0 aliphatic heterocycles. The van der Waals surface area contributed by atoms with Crippen molar-refractivity contribution in [2.24, 2.45) is 0 Å². The van der Waals surface area contributed by atoms with Crippen molar-refractivity contribution in [3.8, 4) is 0 Å². The zero-order valence-corrected chi connectivity index (χ0v) is 15.1. The lowest BCUT2D eigenvalue weighted by molar-refractivity contribution is -0.138. The number of ether oxygens (including phenoxy) is 1. The molecule has 128 valence electrons. The van der Waals surface area contributed by atoms with Crippen molar-refractivity contribution >= 4 is 23.8 Å². The molecule has 0 bridgehead atoms. The fourth-order valence-corrected chi connectivity index (χ4v) is 2.81. The molecule has 0 aromatic heterocycles. The molecule has 0 aliphatic rings. The summed E-state index contributed by atoms with van der Waals surface area (Å²) < 4.78 is 5.09. The zero-order valence-electron chi connectivity index (χ0n) is 14.3. The number of benzene rings is 1. The van der Waals surface area contributed by atoms with E-state index in [9.17, 15) is 14.7 Å². The Balaban J connectivity index is 2.52. The molecule has 1 amide bonds. The maximum absolute atomic E-state index is 11.7. The van der Waals surface area contributed by atoms with Crippen molar-refractivity contribution in [3.63, 3.8) is 0 Å². The van der Waals surface area contributed by atoms with Gasteiger partial charge in [0.1, 0.15) is 11.6 Å². The van der Waals surface area contributed by atoms with Crippen LogP contribution < -0.4 is 5.32 Å². The summed E-state index contributed by atoms with van der Waals surface area (Å²) in [5.41, 5.74) is 2.93. The first kappa shape index (κ1) is 19.4. The zero-order chi connectivity index (χ0) is 17.6. The lowest BCUT2D eigenvalue weighted by Crippen LogP contribution is -2.44. The number of carboxylic acid groups (broad SMARTS) is 1. The van der Waals surface area contributed by atoms with E-state index in [4.69, 9.17) is 4.74 Å². The number of amides is 1. The Morgan fingerprint density at radius 2 is 1.91 bits per heavy atom. The molecule has 0 saturated heterocycles. The highest BCUT2D eigenvalue weighted by atomic mass is 32.2. The lowest BCUT2D eigenvalue weighted by Gasteiger charge is -2.21. The van der Waals surface area contributed by atoms with Gasteiger partial charge in [-0.25, -0.2) is 9.59 Å². The first-order chi connectivity index (χ1) is 10.6. The number of carbonyl (C=O) groups excluding carboxylic acids is 1. The maximum atomic E-state index is 11.7. The van der Waals surface area contributed by atoms with Gasteiger partial charge in [0.25, 0.3) is 0 Å². The van der Waals surface area contributed by atoms with Crippen LogP contribution in [0.4, 0.5) is 4.79 Å². The summed E-state index contributed by atoms with van der Waals surface area (Å²) in [6, 6.07) is 5.21. The van der Waals surface area contributed by atoms with Crippen molar-refractivity contribution in [2.75, 3.05) is 5.75 Å². The molecule has 6 heteroatoms. The number of aryl methyl sites for hydroxylation is 2. The summed E-state index contributed by atoms with van der Waals surface area (Å²) in [5, 5.41) is 11.6. The molecule has 0 spiro atoms. The van der Waals surface area contributed by atoms with Crippen LogP contribution in [0.15, 0.2) is 18.2 Å². The molecule has 5 nitrogen and oxygen atoms in total. The number of hydrogen-bond acceptors (Lipinski definition) is 4. The second kappa shape index (κ2) is 8.24. The van der Waals surface area contributed by atoms with Gasteiger partial charge >= 0.3 is 12.1 Å². The van der Waals surface area contributed by atoms with Crippen molar-refractivity contribution in [1.29, 1.82) is 0 Å². The summed E-state index contributed by atoms with van der Waals surface area (Å²) in [6.07, 6.45) is -0.711. The smallest absolute Gasteiger partial charge is 0.408 e. The van der Waals surface area contributed by atoms with E-state index in [1.165, 1.54) is 22.9 Å². The summed E-state index contributed by atoms with van der Waals surface area (Å²) in [4.78, 5) is 22.9. The quantitative estimate of drug-likeness (QED) is 0.829. The monoisotopic (exact) mass is 339 g/mol. The van der Waals surface area contributed by atoms with Gasteiger partial charge in [0.15, 0.2) is 0 Å². The summed E-state index contributed by atoms with van der Waals surface area (Å²) >= 11 is 1.47. The van der Waals surface area contributed by atoms with Gasteiger partial charge in [-0.05, 0) is 51.3 Å². The number of thioether (sulfide) groups is 1. The molecule has 1 atom stereocenters. The molecule has 0 aliphatic carbocycles. The Kier molecular flexibility index (Phi) is 6.94. The number of nitrogens with one attached hydrogen (secondary N) is 1. The van der Waals surface area contributed by atoms with E-state index in [-0.39, 0.29) is 5.75 Å². The lowest BCUT2D eigenvalue weighted by atomic mass is 10.1. The van der Waals surface area contributed by atoms with Crippen molar-refractivity contribution < 1.29 is 19.4 Å². The number of aliphatic carboxylic acids is 1. The molecular formula is C17H25NO4S. The summed E-state index contributed by atoms with van der Waals surface area (Å²) in [7, 11) is 0. The van der Waals surface area contributed by atoms with Gasteiger partial charge in [-0.3, -0.25) is 0 Å². The van der Waals surface area contributed by atoms with Gasteiger partial charge in [-0.2, -0.15) is 11.8 Å². The Bertz CT molecular complexity index is 566. The van der Waals surface area contributed by atoms with Gasteiger partial charge in [0.2, 0.25) is 0 Å². The Morgan fingerprint density at radius 3 is 2.43 bits per heavy atom. The molecular weight excluding hydrogens is 314 g/mol. The predicted molar refractivity (Wildman–Crippen MR) is 92.9 cm³/mol. The molecule has 0 saturated carbocycles. The standard InChI is InChI=1S/C17H25NO4S/c1-11-6-7-13(8-12(11)2)9-23-10-14(15(19)20)18-16(21)22-17(3,4)5/h6-8,14H,9-10H2,1-5H3,(H,18,21)(H,19,20)/t14-/m1/s1. The van der Waals surface area contributed by atoms with E-state index in [2.05, 4.69) is 24.4 Å². The van der Waals surface area contributed by atoms with E-state index in [0.29, 0.717) is 5.75 Å². The summed E-state index contributed by atoms with van der Waals surface area (Å²) in [5.74, 6) is -0.0917. The average Bonchev–Trinajstić information content (AvgIpc) is 2.39. The first-order valence-electron chi connectivity index (χ1n) is 7.44. The van der Waals surface area contributed by atoms with Crippen LogP contribution in [0, 0.1) is 13.8 Å². The maximum Gasteiger partial charge on any atom is 0.408 e. The van der Waals surface area contributed by atoms with Crippen LogP contribution in [0.2, 0.25) is 0 Å². The second-order valence-corrected chi connectivity index (χ2v) is 7.50. The van der Waals surface area contributed by atoms with E-state index < -0.39 is 23.7 Å². The third-order valence-corrected chi connectivity index (χ3v) is 4.22. The van der Waals surface area contributed by atoms with Gasteiger partial charge < -0.3 is 15.2 Å². The fraction of sp³-hybridized carbons (Fsp3) is 0.529. The molecule has 0 radical (unpaired) electrons. The van der Waals surface area contributed by atoms with Crippen LogP contribution in [-0.4, -0.2) is 34.6 Å². The molecule has 23 heavy (non-hydrogen) atoms. The van der Waals surface area contributed by atoms with Crippen LogP contribution in [0.25, 0.3) is 0 Å². The number of rotatable bonds is 6. The Hall–Kier alpha value is -1.69. The van der Waals surface area contributed by atoms with E-state index in [0.717, 1.165) is 5.56 Å². The van der Waals surface area contributed by atoms with Crippen LogP contribution >= 0.6 is 11.8 Å². The van der Waals surface area contributed by atoms with E-state index in [1.807, 2.05) is 13.0 Å². The van der Waals surface area contributed by atoms with Crippen LogP contribution in [0.5, 0.6) is 0 Å². The highest BCUT2D eigenvalue weighted by Crippen LogP contribution is 2.17. The van der Waals surface area contributed by atoms with Crippen LogP contribution in [-0.2, 0) is 15.3 Å². The normalized spacial score (nSPS) is 12.6. The minimum absolute atomic E-state index is 0.279. The molecule has 1 aromatic rings. The third kappa shape index (κ3) is 7.41. The van der Waals surface area contributed by atoms with Crippen molar-refractivity contribution in [1.82, 2.24) is 5.32 Å². The predicted octanol–water partition coefficient (Wildman–Crippen LogP) is 3.51. The second-order valence-electron chi connectivity index (χ2n) is 6.47. The van der Waals surface area contributed by atoms with Gasteiger partial charge in [0, 0.05) is 11.5 Å². The van der Waals surface area contributed by atoms with Crippen LogP contribution in [0.1, 0.15) is 37.5 Å². The van der Waals surface area contributed by atoms with Gasteiger partial charge in [-0.15, -0.1) is 0 Å².